The maximum atomic E-state index is 13.1. The molecule has 2 aromatic carbocycles. The second-order valence-electron chi connectivity index (χ2n) is 9.00. The number of fused-ring (bicyclic) bond motifs is 2. The van der Waals surface area contributed by atoms with Crippen molar-refractivity contribution >= 4 is 48.8 Å². The van der Waals surface area contributed by atoms with E-state index in [9.17, 15) is 8.42 Å². The average Bonchev–Trinajstić information content (AvgIpc) is 3.62. The average molecular weight is 516 g/mol. The number of benzene rings is 2. The molecule has 9 heteroatoms. The van der Waals surface area contributed by atoms with Gasteiger partial charge in [0.1, 0.15) is 6.33 Å². The number of thiophene rings is 1. The molecule has 2 aliphatic rings. The molecule has 2 aliphatic heterocycles. The van der Waals surface area contributed by atoms with E-state index in [4.69, 9.17) is 0 Å². The Bertz CT molecular complexity index is 1580. The van der Waals surface area contributed by atoms with Crippen molar-refractivity contribution in [1.82, 2.24) is 15.3 Å². The van der Waals surface area contributed by atoms with E-state index in [1.165, 1.54) is 10.7 Å². The van der Waals surface area contributed by atoms with Crippen LogP contribution in [0.15, 0.2) is 60.9 Å². The smallest absolute Gasteiger partial charge is 0.239 e. The summed E-state index contributed by atoms with van der Waals surface area (Å²) >= 11 is 1.58. The van der Waals surface area contributed by atoms with E-state index >= 15 is 0 Å². The van der Waals surface area contributed by atoms with Crippen LogP contribution in [0.25, 0.3) is 10.2 Å². The predicted octanol–water partition coefficient (Wildman–Crippen LogP) is 4.43. The third-order valence-corrected chi connectivity index (χ3v) is 9.26. The van der Waals surface area contributed by atoms with Crippen LogP contribution < -0.4 is 14.9 Å². The maximum Gasteiger partial charge on any atom is 0.239 e. The molecule has 0 radical (unpaired) electrons. The molecule has 2 N–H and O–H groups in total. The minimum absolute atomic E-state index is 0.00733. The Morgan fingerprint density at radius 2 is 2.03 bits per heavy atom. The van der Waals surface area contributed by atoms with Crippen molar-refractivity contribution in [1.29, 1.82) is 0 Å². The topological polar surface area (TPSA) is 87.2 Å². The minimum atomic E-state index is -3.46. The zero-order valence-electron chi connectivity index (χ0n) is 19.6. The lowest BCUT2D eigenvalue weighted by molar-refractivity contribution is 0.591. The zero-order chi connectivity index (χ0) is 24.5. The first-order valence-electron chi connectivity index (χ1n) is 12.0. The SMILES string of the molecule is O=S(=O)(Cc1ccccc1)N1CCc2cc(Nc3ncnc4cc(C#CC5CCCN5)sc34)ccc21. The Labute approximate surface area is 214 Å². The number of rotatable bonds is 5. The molecule has 1 atom stereocenters. The van der Waals surface area contributed by atoms with E-state index in [0.717, 1.165) is 56.4 Å². The van der Waals surface area contributed by atoms with Gasteiger partial charge in [-0.25, -0.2) is 18.4 Å². The van der Waals surface area contributed by atoms with Crippen molar-refractivity contribution < 1.29 is 8.42 Å². The van der Waals surface area contributed by atoms with Gasteiger partial charge in [0.05, 0.1) is 32.6 Å². The van der Waals surface area contributed by atoms with Crippen molar-refractivity contribution in [2.45, 2.75) is 31.1 Å². The first-order chi connectivity index (χ1) is 17.5. The number of anilines is 3. The summed E-state index contributed by atoms with van der Waals surface area (Å²) in [4.78, 5) is 9.85. The molecule has 182 valence electrons. The van der Waals surface area contributed by atoms with Crippen molar-refractivity contribution in [3.8, 4) is 11.8 Å². The molecule has 1 fully saturated rings. The quantitative estimate of drug-likeness (QED) is 0.383. The Hall–Kier alpha value is -3.45. The molecule has 36 heavy (non-hydrogen) atoms. The molecule has 6 rings (SSSR count). The van der Waals surface area contributed by atoms with Crippen LogP contribution in [0, 0.1) is 11.8 Å². The fourth-order valence-electron chi connectivity index (χ4n) is 4.71. The summed E-state index contributed by atoms with van der Waals surface area (Å²) < 4.78 is 28.7. The number of sulfonamides is 1. The second-order valence-corrected chi connectivity index (χ2v) is 11.9. The summed E-state index contributed by atoms with van der Waals surface area (Å²) in [7, 11) is -3.46. The highest BCUT2D eigenvalue weighted by Crippen LogP contribution is 2.36. The van der Waals surface area contributed by atoms with Gasteiger partial charge in [0.2, 0.25) is 10.0 Å². The lowest BCUT2D eigenvalue weighted by Crippen LogP contribution is -2.30. The van der Waals surface area contributed by atoms with Crippen LogP contribution in [0.4, 0.5) is 17.2 Å². The molecule has 7 nitrogen and oxygen atoms in total. The lowest BCUT2D eigenvalue weighted by Gasteiger charge is -2.20. The van der Waals surface area contributed by atoms with Gasteiger partial charge in [-0.3, -0.25) is 4.31 Å². The van der Waals surface area contributed by atoms with Gasteiger partial charge >= 0.3 is 0 Å². The number of hydrogen-bond acceptors (Lipinski definition) is 7. The fourth-order valence-corrected chi connectivity index (χ4v) is 7.24. The van der Waals surface area contributed by atoms with Crippen molar-refractivity contribution in [2.75, 3.05) is 22.7 Å². The summed E-state index contributed by atoms with van der Waals surface area (Å²) in [6.45, 7) is 1.48. The standard InChI is InChI=1S/C27H25N5O2S2/c33-36(34,17-19-5-2-1-3-6-19)32-14-12-20-15-22(9-11-25(20)32)31-27-26-24(29-18-30-27)16-23(35-26)10-8-21-7-4-13-28-21/h1-3,5-6,9,11,15-16,18,21,28H,4,7,12-14,17H2,(H,29,30,31). The van der Waals surface area contributed by atoms with Crippen LogP contribution >= 0.6 is 11.3 Å². The summed E-state index contributed by atoms with van der Waals surface area (Å²) in [5.74, 6) is 7.32. The molecule has 1 saturated heterocycles. The van der Waals surface area contributed by atoms with Gasteiger partial charge in [-0.1, -0.05) is 42.2 Å². The van der Waals surface area contributed by atoms with E-state index in [2.05, 4.69) is 32.4 Å². The summed E-state index contributed by atoms with van der Waals surface area (Å²) in [5.41, 5.74) is 4.27. The second kappa shape index (κ2) is 9.54. The highest BCUT2D eigenvalue weighted by atomic mass is 32.2. The third kappa shape index (κ3) is 4.67. The lowest BCUT2D eigenvalue weighted by atomic mass is 10.1. The van der Waals surface area contributed by atoms with E-state index in [0.29, 0.717) is 13.0 Å². The van der Waals surface area contributed by atoms with Gasteiger partial charge < -0.3 is 10.6 Å². The van der Waals surface area contributed by atoms with Crippen LogP contribution in [0.2, 0.25) is 0 Å². The molecule has 0 saturated carbocycles. The van der Waals surface area contributed by atoms with Crippen molar-refractivity contribution in [3.05, 3.63) is 76.9 Å². The molecule has 0 aliphatic carbocycles. The van der Waals surface area contributed by atoms with Crippen LogP contribution in [-0.4, -0.2) is 37.5 Å². The number of nitrogens with zero attached hydrogens (tertiary/aromatic N) is 3. The molecule has 0 bridgehead atoms. The van der Waals surface area contributed by atoms with E-state index < -0.39 is 10.0 Å². The highest BCUT2D eigenvalue weighted by molar-refractivity contribution is 7.92. The normalized spacial score (nSPS) is 17.1. The molecule has 0 spiro atoms. The van der Waals surface area contributed by atoms with Crippen LogP contribution in [0.5, 0.6) is 0 Å². The zero-order valence-corrected chi connectivity index (χ0v) is 21.2. The predicted molar refractivity (Wildman–Crippen MR) is 145 cm³/mol. The van der Waals surface area contributed by atoms with Gasteiger partial charge in [-0.15, -0.1) is 11.3 Å². The van der Waals surface area contributed by atoms with Gasteiger partial charge in [0.25, 0.3) is 0 Å². The van der Waals surface area contributed by atoms with E-state index in [1.54, 1.807) is 17.7 Å². The fraction of sp³-hybridized carbons (Fsp3) is 0.259. The van der Waals surface area contributed by atoms with Crippen molar-refractivity contribution in [3.63, 3.8) is 0 Å². The van der Waals surface area contributed by atoms with Gasteiger partial charge in [-0.2, -0.15) is 0 Å². The Morgan fingerprint density at radius 1 is 1.14 bits per heavy atom. The monoisotopic (exact) mass is 515 g/mol. The van der Waals surface area contributed by atoms with Crippen LogP contribution in [0.1, 0.15) is 28.8 Å². The Morgan fingerprint density at radius 3 is 2.86 bits per heavy atom. The minimum Gasteiger partial charge on any atom is -0.339 e. The molecule has 1 unspecified atom stereocenters. The van der Waals surface area contributed by atoms with E-state index in [-0.39, 0.29) is 11.8 Å². The molecular weight excluding hydrogens is 490 g/mol. The summed E-state index contributed by atoms with van der Waals surface area (Å²) in [6.07, 6.45) is 4.49. The van der Waals surface area contributed by atoms with Gasteiger partial charge in [-0.05, 0) is 61.2 Å². The molecule has 0 amide bonds. The largest absolute Gasteiger partial charge is 0.339 e. The van der Waals surface area contributed by atoms with Crippen LogP contribution in [-0.2, 0) is 22.2 Å². The first-order valence-corrected chi connectivity index (χ1v) is 14.4. The molecule has 4 aromatic rings. The molecular formula is C27H25N5O2S2. The third-order valence-electron chi connectivity index (χ3n) is 6.46. The van der Waals surface area contributed by atoms with Gasteiger partial charge in [0, 0.05) is 12.2 Å². The Kier molecular flexibility index (Phi) is 6.09. The Balaban J connectivity index is 1.22. The summed E-state index contributed by atoms with van der Waals surface area (Å²) in [6, 6.07) is 17.4. The highest BCUT2D eigenvalue weighted by Gasteiger charge is 2.29. The van der Waals surface area contributed by atoms with Gasteiger partial charge in [0.15, 0.2) is 5.82 Å². The van der Waals surface area contributed by atoms with E-state index in [1.807, 2.05) is 54.6 Å². The van der Waals surface area contributed by atoms with Crippen LogP contribution in [0.3, 0.4) is 0 Å². The van der Waals surface area contributed by atoms with Crippen molar-refractivity contribution in [2.24, 2.45) is 0 Å². The molecule has 4 heterocycles. The number of aromatic nitrogens is 2. The maximum absolute atomic E-state index is 13.1. The number of hydrogen-bond donors (Lipinski definition) is 2. The summed E-state index contributed by atoms with van der Waals surface area (Å²) in [5, 5.41) is 6.81. The molecule has 2 aromatic heterocycles. The number of nitrogens with one attached hydrogen (secondary N) is 2. The first kappa shape index (κ1) is 23.0.